The van der Waals surface area contributed by atoms with Crippen molar-refractivity contribution in [3.05, 3.63) is 59.7 Å². The molecule has 0 unspecified atom stereocenters. The lowest BCUT2D eigenvalue weighted by molar-refractivity contribution is -0.00285. The van der Waals surface area contributed by atoms with Crippen molar-refractivity contribution in [2.45, 2.75) is 129 Å². The summed E-state index contributed by atoms with van der Waals surface area (Å²) in [5.41, 5.74) is 2.71. The summed E-state index contributed by atoms with van der Waals surface area (Å²) in [4.78, 5) is 0. The fourth-order valence-electron chi connectivity index (χ4n) is 6.93. The van der Waals surface area contributed by atoms with E-state index in [9.17, 15) is 8.78 Å². The van der Waals surface area contributed by atoms with Crippen LogP contribution in [0.3, 0.4) is 0 Å². The number of ether oxygens (including phenoxy) is 1. The molecule has 3 heteroatoms. The molecule has 38 heavy (non-hydrogen) atoms. The van der Waals surface area contributed by atoms with E-state index in [2.05, 4.69) is 6.92 Å². The molecule has 1 nitrogen and oxygen atoms in total. The first-order valence-electron chi connectivity index (χ1n) is 15.8. The Hall–Kier alpha value is -1.74. The lowest BCUT2D eigenvalue weighted by Gasteiger charge is -2.38. The maximum Gasteiger partial charge on any atom is 0.159 e. The second kappa shape index (κ2) is 15.8. The van der Waals surface area contributed by atoms with Crippen LogP contribution in [0.25, 0.3) is 11.1 Å². The Morgan fingerprint density at radius 2 is 1.21 bits per heavy atom. The summed E-state index contributed by atoms with van der Waals surface area (Å²) in [6, 6.07) is 12.1. The van der Waals surface area contributed by atoms with Gasteiger partial charge in [-0.15, -0.1) is 0 Å². The number of unbranched alkanes of at least 4 members (excludes halogenated alkanes) is 7. The zero-order valence-electron chi connectivity index (χ0n) is 23.7. The van der Waals surface area contributed by atoms with Crippen LogP contribution in [0.1, 0.15) is 122 Å². The number of rotatable bonds is 14. The fourth-order valence-corrected chi connectivity index (χ4v) is 6.93. The van der Waals surface area contributed by atoms with Gasteiger partial charge in [0.2, 0.25) is 0 Å². The maximum atomic E-state index is 13.5. The van der Waals surface area contributed by atoms with Crippen molar-refractivity contribution in [3.8, 4) is 11.1 Å². The van der Waals surface area contributed by atoms with Crippen LogP contribution in [-0.2, 0) is 11.3 Å². The second-order valence-electron chi connectivity index (χ2n) is 12.2. The van der Waals surface area contributed by atoms with Crippen LogP contribution >= 0.6 is 0 Å². The Kier molecular flexibility index (Phi) is 12.1. The topological polar surface area (TPSA) is 9.23 Å². The zero-order valence-corrected chi connectivity index (χ0v) is 23.7. The zero-order chi connectivity index (χ0) is 26.6. The molecule has 0 aromatic heterocycles. The summed E-state index contributed by atoms with van der Waals surface area (Å²) in [6.07, 6.45) is 24.2. The minimum atomic E-state index is -0.810. The van der Waals surface area contributed by atoms with Crippen molar-refractivity contribution in [1.29, 1.82) is 0 Å². The van der Waals surface area contributed by atoms with Crippen molar-refractivity contribution in [2.75, 3.05) is 0 Å². The standard InChI is InChI=1S/C35H50F2O/c1-2-3-4-5-6-7-8-9-10-27-11-15-29(16-12-27)30-19-22-33(23-20-30)38-26-28-13-17-31(18-14-28)32-21-24-34(36)35(37)25-32/h13-14,17-18,21,24-25,27,29-30,33H,2-12,15-16,19-20,22-23,26H2,1H3. The lowest BCUT2D eigenvalue weighted by atomic mass is 9.70. The van der Waals surface area contributed by atoms with Gasteiger partial charge in [-0.05, 0) is 85.1 Å². The van der Waals surface area contributed by atoms with Crippen LogP contribution in [0.4, 0.5) is 8.78 Å². The predicted molar refractivity (Wildman–Crippen MR) is 155 cm³/mol. The Morgan fingerprint density at radius 3 is 1.84 bits per heavy atom. The molecule has 4 rings (SSSR count). The van der Waals surface area contributed by atoms with E-state index in [0.717, 1.165) is 28.9 Å². The molecule has 0 spiro atoms. The summed E-state index contributed by atoms with van der Waals surface area (Å²) < 4.78 is 33.0. The molecule has 0 heterocycles. The molecule has 2 saturated carbocycles. The van der Waals surface area contributed by atoms with Gasteiger partial charge < -0.3 is 4.74 Å². The normalized spacial score (nSPS) is 24.0. The van der Waals surface area contributed by atoms with Gasteiger partial charge in [0.1, 0.15) is 0 Å². The van der Waals surface area contributed by atoms with Gasteiger partial charge in [0.15, 0.2) is 11.6 Å². The van der Waals surface area contributed by atoms with E-state index in [1.54, 1.807) is 6.07 Å². The van der Waals surface area contributed by atoms with E-state index in [4.69, 9.17) is 4.74 Å². The fraction of sp³-hybridized carbons (Fsp3) is 0.657. The molecule has 0 amide bonds. The highest BCUT2D eigenvalue weighted by molar-refractivity contribution is 5.63. The van der Waals surface area contributed by atoms with Crippen molar-refractivity contribution < 1.29 is 13.5 Å². The van der Waals surface area contributed by atoms with Crippen LogP contribution in [0, 0.1) is 29.4 Å². The Bertz CT molecular complexity index is 923. The first-order chi connectivity index (χ1) is 18.6. The van der Waals surface area contributed by atoms with E-state index >= 15 is 0 Å². The Labute approximate surface area is 230 Å². The largest absolute Gasteiger partial charge is 0.374 e. The van der Waals surface area contributed by atoms with E-state index in [1.165, 1.54) is 121 Å². The first-order valence-corrected chi connectivity index (χ1v) is 15.8. The van der Waals surface area contributed by atoms with Gasteiger partial charge in [-0.25, -0.2) is 8.78 Å². The molecule has 2 aliphatic rings. The predicted octanol–water partition coefficient (Wildman–Crippen LogP) is 11.0. The average molecular weight is 525 g/mol. The second-order valence-corrected chi connectivity index (χ2v) is 12.2. The van der Waals surface area contributed by atoms with Gasteiger partial charge in [-0.1, -0.05) is 108 Å². The summed E-state index contributed by atoms with van der Waals surface area (Å²) >= 11 is 0. The van der Waals surface area contributed by atoms with Crippen LogP contribution in [0.15, 0.2) is 42.5 Å². The van der Waals surface area contributed by atoms with Gasteiger partial charge >= 0.3 is 0 Å². The average Bonchev–Trinajstić information content (AvgIpc) is 2.96. The molecule has 0 aliphatic heterocycles. The number of hydrogen-bond donors (Lipinski definition) is 0. The molecule has 0 radical (unpaired) electrons. The Morgan fingerprint density at radius 1 is 0.632 bits per heavy atom. The third kappa shape index (κ3) is 9.18. The van der Waals surface area contributed by atoms with E-state index in [0.29, 0.717) is 18.3 Å². The van der Waals surface area contributed by atoms with E-state index in [-0.39, 0.29) is 0 Å². The maximum absolute atomic E-state index is 13.5. The molecule has 2 aromatic carbocycles. The van der Waals surface area contributed by atoms with Gasteiger partial charge in [0, 0.05) is 0 Å². The molecule has 0 N–H and O–H groups in total. The third-order valence-corrected chi connectivity index (χ3v) is 9.44. The highest BCUT2D eigenvalue weighted by Crippen LogP contribution is 2.41. The quantitative estimate of drug-likeness (QED) is 0.223. The summed E-state index contributed by atoms with van der Waals surface area (Å²) in [5, 5.41) is 0. The van der Waals surface area contributed by atoms with Crippen molar-refractivity contribution in [2.24, 2.45) is 17.8 Å². The molecule has 2 fully saturated rings. The molecule has 210 valence electrons. The molecule has 2 aromatic rings. The Balaban J connectivity index is 1.07. The smallest absolute Gasteiger partial charge is 0.159 e. The number of halogens is 2. The highest BCUT2D eigenvalue weighted by atomic mass is 19.2. The molecule has 0 saturated heterocycles. The third-order valence-electron chi connectivity index (χ3n) is 9.44. The lowest BCUT2D eigenvalue weighted by Crippen LogP contribution is -2.28. The molecule has 2 aliphatic carbocycles. The van der Waals surface area contributed by atoms with Gasteiger partial charge in [-0.3, -0.25) is 0 Å². The van der Waals surface area contributed by atoms with E-state index < -0.39 is 11.6 Å². The number of hydrogen-bond acceptors (Lipinski definition) is 1. The van der Waals surface area contributed by atoms with Crippen molar-refractivity contribution in [3.63, 3.8) is 0 Å². The minimum Gasteiger partial charge on any atom is -0.374 e. The van der Waals surface area contributed by atoms with Crippen molar-refractivity contribution in [1.82, 2.24) is 0 Å². The molecule has 0 atom stereocenters. The number of benzene rings is 2. The summed E-state index contributed by atoms with van der Waals surface area (Å²) in [6.45, 7) is 2.92. The SMILES string of the molecule is CCCCCCCCCCC1CCC(C2CCC(OCc3ccc(-c4ccc(F)c(F)c4)cc3)CC2)CC1. The summed E-state index contributed by atoms with van der Waals surface area (Å²) in [5.74, 6) is 1.25. The van der Waals surface area contributed by atoms with Gasteiger partial charge in [-0.2, -0.15) is 0 Å². The van der Waals surface area contributed by atoms with Crippen LogP contribution in [0.2, 0.25) is 0 Å². The van der Waals surface area contributed by atoms with Crippen molar-refractivity contribution >= 4 is 0 Å². The highest BCUT2D eigenvalue weighted by Gasteiger charge is 2.31. The van der Waals surface area contributed by atoms with Gasteiger partial charge in [0.25, 0.3) is 0 Å². The van der Waals surface area contributed by atoms with Gasteiger partial charge in [0.05, 0.1) is 12.7 Å². The molecular weight excluding hydrogens is 474 g/mol. The van der Waals surface area contributed by atoms with Crippen LogP contribution in [-0.4, -0.2) is 6.10 Å². The van der Waals surface area contributed by atoms with E-state index in [1.807, 2.05) is 24.3 Å². The van der Waals surface area contributed by atoms with Crippen LogP contribution < -0.4 is 0 Å². The first kappa shape index (κ1) is 29.2. The molecular formula is C35H50F2O. The van der Waals surface area contributed by atoms with Crippen LogP contribution in [0.5, 0.6) is 0 Å². The summed E-state index contributed by atoms with van der Waals surface area (Å²) in [7, 11) is 0. The minimum absolute atomic E-state index is 0.371. The monoisotopic (exact) mass is 524 g/mol. The molecule has 0 bridgehead atoms.